The van der Waals surface area contributed by atoms with Gasteiger partial charge in [0.1, 0.15) is 7.41 Å². The lowest BCUT2D eigenvalue weighted by atomic mass is 10.2. The minimum absolute atomic E-state index is 0.0391. The molecule has 1 N–H and O–H groups in total. The summed E-state index contributed by atoms with van der Waals surface area (Å²) in [6, 6.07) is 0. The average Bonchev–Trinajstić information content (AvgIpc) is 1.91. The molecule has 0 aromatic rings. The van der Waals surface area contributed by atoms with Gasteiger partial charge >= 0.3 is 0 Å². The Bertz CT molecular complexity index is 220. The van der Waals surface area contributed by atoms with E-state index in [1.807, 2.05) is 0 Å². The van der Waals surface area contributed by atoms with Gasteiger partial charge in [-0.2, -0.15) is 0 Å². The first-order chi connectivity index (χ1) is 6.81. The topological polar surface area (TPSA) is 41.5 Å². The Labute approximate surface area is 101 Å². The third kappa shape index (κ3) is 2.40. The Kier molecular flexibility index (Phi) is 4.21. The zero-order valence-electron chi connectivity index (χ0n) is 12.3. The molecule has 0 unspecified atom stereocenters. The van der Waals surface area contributed by atoms with Crippen LogP contribution in [0.1, 0.15) is 62.3 Å². The van der Waals surface area contributed by atoms with Gasteiger partial charge < -0.3 is 0 Å². The molecule has 0 aliphatic heterocycles. The third-order valence-electron chi connectivity index (χ3n) is 3.21. The van der Waals surface area contributed by atoms with Gasteiger partial charge in [0.15, 0.2) is 0 Å². The first-order valence-electron chi connectivity index (χ1n) is 5.80. The quantitative estimate of drug-likeness (QED) is 0.440. The fourth-order valence-electron chi connectivity index (χ4n) is 3.53. The van der Waals surface area contributed by atoms with Gasteiger partial charge in [0.25, 0.3) is 0 Å². The summed E-state index contributed by atoms with van der Waals surface area (Å²) in [5, 5.41) is 6.17. The lowest BCUT2D eigenvalue weighted by molar-refractivity contribution is 0.596. The molecule has 0 amide bonds. The normalized spacial score (nSPS) is 14.8. The standard InChI is InChI=1S/C12H27N2OP/c1-10(2,3)16(14-13-15,11(4,5)6)12(7,8)9/h1-9H3/p+1. The van der Waals surface area contributed by atoms with Gasteiger partial charge in [-0.25, -0.2) is 0 Å². The highest BCUT2D eigenvalue weighted by molar-refractivity contribution is 7.78. The van der Waals surface area contributed by atoms with Crippen molar-refractivity contribution in [3.63, 3.8) is 0 Å². The molecule has 0 heterocycles. The number of nitrogens with one attached hydrogen (secondary N) is 1. The number of hydrogen-bond donors (Lipinski definition) is 1. The highest BCUT2D eigenvalue weighted by Gasteiger charge is 2.66. The fraction of sp³-hybridized carbons (Fsp3) is 1.00. The minimum Gasteiger partial charge on any atom is -0.147 e. The highest BCUT2D eigenvalue weighted by atomic mass is 31.2. The largest absolute Gasteiger partial charge is 0.147 e. The summed E-state index contributed by atoms with van der Waals surface area (Å²) in [4.78, 5) is 10.8. The molecule has 0 radical (unpaired) electrons. The first-order valence-corrected chi connectivity index (χ1v) is 7.59. The molecule has 0 aromatic carbocycles. The molecule has 0 spiro atoms. The van der Waals surface area contributed by atoms with Crippen molar-refractivity contribution in [3.8, 4) is 0 Å². The van der Waals surface area contributed by atoms with Crippen LogP contribution in [0.2, 0.25) is 0 Å². The van der Waals surface area contributed by atoms with Crippen molar-refractivity contribution < 1.29 is 0 Å². The van der Waals surface area contributed by atoms with E-state index >= 15 is 0 Å². The summed E-state index contributed by atoms with van der Waals surface area (Å²) in [6.07, 6.45) is 0. The van der Waals surface area contributed by atoms with E-state index in [2.05, 4.69) is 72.8 Å². The molecule has 0 atom stereocenters. The van der Waals surface area contributed by atoms with E-state index in [0.717, 1.165) is 0 Å². The van der Waals surface area contributed by atoms with Crippen molar-refractivity contribution in [2.75, 3.05) is 0 Å². The van der Waals surface area contributed by atoms with Crippen LogP contribution < -0.4 is 5.20 Å². The van der Waals surface area contributed by atoms with Crippen molar-refractivity contribution in [1.29, 1.82) is 0 Å². The van der Waals surface area contributed by atoms with E-state index in [1.54, 1.807) is 0 Å². The molecule has 0 aliphatic carbocycles. The summed E-state index contributed by atoms with van der Waals surface area (Å²) in [5.74, 6) is 0. The van der Waals surface area contributed by atoms with Crippen LogP contribution in [-0.2, 0) is 0 Å². The van der Waals surface area contributed by atoms with Crippen molar-refractivity contribution >= 4 is 7.41 Å². The maximum Gasteiger partial charge on any atom is 0.141 e. The Morgan fingerprint density at radius 2 is 1.00 bits per heavy atom. The molecular weight excluding hydrogens is 219 g/mol. The molecule has 0 aliphatic rings. The Balaban J connectivity index is 5.92. The monoisotopic (exact) mass is 247 g/mol. The maximum atomic E-state index is 10.8. The van der Waals surface area contributed by atoms with Gasteiger partial charge in [-0.15, -0.1) is 10.1 Å². The van der Waals surface area contributed by atoms with Crippen molar-refractivity contribution in [2.45, 2.75) is 77.8 Å². The van der Waals surface area contributed by atoms with Gasteiger partial charge in [-0.05, 0) is 62.3 Å². The van der Waals surface area contributed by atoms with Crippen molar-refractivity contribution in [3.05, 3.63) is 4.91 Å². The third-order valence-corrected chi connectivity index (χ3v) is 9.63. The Hall–Kier alpha value is -0.170. The number of hydrogen-bond acceptors (Lipinski definition) is 2. The molecule has 0 aromatic heterocycles. The number of nitrogens with zero attached hydrogens (tertiary/aromatic N) is 1. The van der Waals surface area contributed by atoms with Crippen LogP contribution in [0.5, 0.6) is 0 Å². The van der Waals surface area contributed by atoms with E-state index in [9.17, 15) is 4.91 Å². The predicted octanol–water partition coefficient (Wildman–Crippen LogP) is 4.59. The fourth-order valence-corrected chi connectivity index (χ4v) is 10.6. The SMILES string of the molecule is CC(C)(C)[P+](NN=O)(C(C)(C)C)C(C)(C)C. The molecule has 0 saturated heterocycles. The van der Waals surface area contributed by atoms with E-state index in [4.69, 9.17) is 0 Å². The molecule has 3 nitrogen and oxygen atoms in total. The van der Waals surface area contributed by atoms with E-state index in [0.29, 0.717) is 0 Å². The lowest BCUT2D eigenvalue weighted by Gasteiger charge is -2.51. The summed E-state index contributed by atoms with van der Waals surface area (Å²) in [5.41, 5.74) is 0. The first kappa shape index (κ1) is 15.8. The van der Waals surface area contributed by atoms with Gasteiger partial charge in [0, 0.05) is 0 Å². The zero-order chi connectivity index (χ0) is 13.4. The molecule has 0 saturated carbocycles. The second-order valence-corrected chi connectivity index (χ2v) is 12.9. The molecule has 16 heavy (non-hydrogen) atoms. The van der Waals surface area contributed by atoms with Crippen LogP contribution in [0.4, 0.5) is 0 Å². The Morgan fingerprint density at radius 3 is 1.06 bits per heavy atom. The Morgan fingerprint density at radius 1 is 0.750 bits per heavy atom. The van der Waals surface area contributed by atoms with E-state index in [-0.39, 0.29) is 15.5 Å². The minimum atomic E-state index is -1.78. The molecule has 0 bridgehead atoms. The summed E-state index contributed by atoms with van der Waals surface area (Å²) < 4.78 is 0. The maximum absolute atomic E-state index is 10.8. The van der Waals surface area contributed by atoms with Gasteiger partial charge in [0.05, 0.1) is 20.8 Å². The zero-order valence-corrected chi connectivity index (χ0v) is 13.2. The second-order valence-electron chi connectivity index (χ2n) is 7.37. The molecular formula is C12H28N2OP+. The van der Waals surface area contributed by atoms with E-state index < -0.39 is 7.41 Å². The second kappa shape index (κ2) is 4.25. The molecule has 4 heteroatoms. The van der Waals surface area contributed by atoms with Crippen LogP contribution in [0, 0.1) is 4.91 Å². The van der Waals surface area contributed by atoms with Crippen molar-refractivity contribution in [1.82, 2.24) is 5.20 Å². The van der Waals surface area contributed by atoms with Crippen LogP contribution in [-0.4, -0.2) is 15.5 Å². The van der Waals surface area contributed by atoms with E-state index in [1.165, 1.54) is 0 Å². The smallest absolute Gasteiger partial charge is 0.141 e. The summed E-state index contributed by atoms with van der Waals surface area (Å²) in [7, 11) is -1.78. The highest BCUT2D eigenvalue weighted by Crippen LogP contribution is 2.80. The average molecular weight is 247 g/mol. The number of rotatable bonds is 2. The lowest BCUT2D eigenvalue weighted by Crippen LogP contribution is -2.49. The summed E-state index contributed by atoms with van der Waals surface area (Å²) in [6.45, 7) is 19.8. The number of nitroso groups, excluding NO2 is 1. The van der Waals surface area contributed by atoms with Crippen LogP contribution in [0.3, 0.4) is 0 Å². The predicted molar refractivity (Wildman–Crippen MR) is 75.1 cm³/mol. The van der Waals surface area contributed by atoms with Crippen LogP contribution >= 0.6 is 7.41 Å². The van der Waals surface area contributed by atoms with Gasteiger partial charge in [0.2, 0.25) is 0 Å². The van der Waals surface area contributed by atoms with Crippen LogP contribution in [0.15, 0.2) is 5.29 Å². The van der Waals surface area contributed by atoms with Crippen LogP contribution in [0.25, 0.3) is 0 Å². The molecule has 96 valence electrons. The van der Waals surface area contributed by atoms with Gasteiger partial charge in [-0.1, -0.05) is 0 Å². The van der Waals surface area contributed by atoms with Crippen molar-refractivity contribution in [2.24, 2.45) is 5.29 Å². The molecule has 0 fully saturated rings. The van der Waals surface area contributed by atoms with Gasteiger partial charge in [-0.3, -0.25) is 0 Å². The molecule has 0 rings (SSSR count). The summed E-state index contributed by atoms with van der Waals surface area (Å²) >= 11 is 0.